The second-order valence-corrected chi connectivity index (χ2v) is 8.21. The summed E-state index contributed by atoms with van der Waals surface area (Å²) in [5.41, 5.74) is 1.42. The molecule has 0 radical (unpaired) electrons. The molecule has 1 fully saturated rings. The molecule has 2 aromatic carbocycles. The Morgan fingerprint density at radius 1 is 1.19 bits per heavy atom. The molecule has 0 bridgehead atoms. The molecule has 166 valence electrons. The Hall–Kier alpha value is -2.37. The smallest absolute Gasteiger partial charge is 0.161 e. The van der Waals surface area contributed by atoms with E-state index in [0.29, 0.717) is 48.9 Å². The van der Waals surface area contributed by atoms with Gasteiger partial charge in [-0.15, -0.1) is 0 Å². The van der Waals surface area contributed by atoms with Crippen molar-refractivity contribution in [2.24, 2.45) is 0 Å². The summed E-state index contributed by atoms with van der Waals surface area (Å²) in [4.78, 5) is 16.0. The number of rotatable bonds is 9. The van der Waals surface area contributed by atoms with Crippen LogP contribution in [0.1, 0.15) is 31.7 Å². The fourth-order valence-corrected chi connectivity index (χ4v) is 3.97. The first kappa shape index (κ1) is 23.3. The molecule has 0 aliphatic carbocycles. The number of aliphatic hydroxyl groups excluding tert-OH is 1. The Morgan fingerprint density at radius 3 is 2.55 bits per heavy atom. The van der Waals surface area contributed by atoms with E-state index in [1.54, 1.807) is 36.4 Å². The van der Waals surface area contributed by atoms with E-state index < -0.39 is 6.10 Å². The lowest BCUT2D eigenvalue weighted by Crippen LogP contribution is -2.53. The van der Waals surface area contributed by atoms with Crippen LogP contribution in [-0.4, -0.2) is 52.8 Å². The molecular formula is C24H28ClFN2O3. The Labute approximate surface area is 187 Å². The van der Waals surface area contributed by atoms with Gasteiger partial charge in [-0.1, -0.05) is 37.1 Å². The fraction of sp³-hybridized carbons (Fsp3) is 0.417. The van der Waals surface area contributed by atoms with Gasteiger partial charge in [-0.3, -0.25) is 4.90 Å². The molecule has 2 unspecified atom stereocenters. The molecular weight excluding hydrogens is 419 g/mol. The van der Waals surface area contributed by atoms with E-state index in [2.05, 4.69) is 10.8 Å². The lowest BCUT2D eigenvalue weighted by molar-refractivity contribution is 0.0393. The van der Waals surface area contributed by atoms with Crippen LogP contribution < -0.4 is 4.74 Å². The van der Waals surface area contributed by atoms with Gasteiger partial charge in [0.2, 0.25) is 0 Å². The molecule has 2 atom stereocenters. The summed E-state index contributed by atoms with van der Waals surface area (Å²) in [5.74, 6) is 2.48. The lowest BCUT2D eigenvalue weighted by atomic mass is 9.98. The molecule has 0 spiro atoms. The van der Waals surface area contributed by atoms with Crippen molar-refractivity contribution in [3.63, 3.8) is 0 Å². The van der Waals surface area contributed by atoms with Crippen molar-refractivity contribution < 1.29 is 19.0 Å². The van der Waals surface area contributed by atoms with E-state index in [1.165, 1.54) is 12.1 Å². The van der Waals surface area contributed by atoms with Crippen molar-refractivity contribution in [1.82, 2.24) is 9.80 Å². The standard InChI is InChI=1S/C24H28ClFN2O3/c1-2-3-21(30)14-23-24(16-29)28(17-31-22-10-6-19(25)7-11-22)13-12-27(23)15-18-4-8-20(26)9-5-18/h4-11,21,23,30H,2-3,12-15,17H2,1H3. The van der Waals surface area contributed by atoms with Gasteiger partial charge in [0.25, 0.3) is 0 Å². The van der Waals surface area contributed by atoms with Gasteiger partial charge in [-0.2, -0.15) is 0 Å². The number of carbonyl (C=O) groups excluding carboxylic acids is 1. The third-order valence-corrected chi connectivity index (χ3v) is 5.73. The first-order valence-corrected chi connectivity index (χ1v) is 10.9. The van der Waals surface area contributed by atoms with Gasteiger partial charge in [0, 0.05) is 24.7 Å². The molecule has 2 aromatic rings. The van der Waals surface area contributed by atoms with Gasteiger partial charge < -0.3 is 14.7 Å². The first-order valence-electron chi connectivity index (χ1n) is 10.5. The maximum atomic E-state index is 13.3. The molecule has 1 saturated heterocycles. The Morgan fingerprint density at radius 2 is 1.90 bits per heavy atom. The van der Waals surface area contributed by atoms with E-state index in [-0.39, 0.29) is 18.6 Å². The Bertz CT molecular complexity index is 885. The van der Waals surface area contributed by atoms with Crippen LogP contribution in [0, 0.1) is 5.82 Å². The highest BCUT2D eigenvalue weighted by Gasteiger charge is 2.34. The predicted molar refractivity (Wildman–Crippen MR) is 119 cm³/mol. The zero-order chi connectivity index (χ0) is 22.2. The number of aliphatic hydroxyl groups is 1. The Kier molecular flexibility index (Phi) is 8.50. The maximum Gasteiger partial charge on any atom is 0.161 e. The summed E-state index contributed by atoms with van der Waals surface area (Å²) in [7, 11) is 0. The van der Waals surface area contributed by atoms with E-state index >= 15 is 0 Å². The summed E-state index contributed by atoms with van der Waals surface area (Å²) in [5, 5.41) is 11.1. The van der Waals surface area contributed by atoms with E-state index in [9.17, 15) is 14.3 Å². The van der Waals surface area contributed by atoms with Crippen LogP contribution in [0.15, 0.2) is 54.2 Å². The average molecular weight is 447 g/mol. The van der Waals surface area contributed by atoms with Crippen LogP contribution in [0.5, 0.6) is 5.75 Å². The van der Waals surface area contributed by atoms with Crippen LogP contribution in [0.2, 0.25) is 5.02 Å². The minimum absolute atomic E-state index is 0.205. The third kappa shape index (κ3) is 6.55. The van der Waals surface area contributed by atoms with Crippen LogP contribution in [0.3, 0.4) is 0 Å². The van der Waals surface area contributed by atoms with E-state index in [1.807, 2.05) is 11.8 Å². The lowest BCUT2D eigenvalue weighted by Gasteiger charge is -2.43. The zero-order valence-electron chi connectivity index (χ0n) is 17.6. The molecule has 1 N–H and O–H groups in total. The van der Waals surface area contributed by atoms with Gasteiger partial charge in [0.05, 0.1) is 12.1 Å². The van der Waals surface area contributed by atoms with Crippen molar-refractivity contribution in [3.05, 3.63) is 70.6 Å². The molecule has 1 aliphatic rings. The highest BCUT2D eigenvalue weighted by atomic mass is 35.5. The van der Waals surface area contributed by atoms with Crippen LogP contribution in [0.25, 0.3) is 0 Å². The minimum atomic E-state index is -0.522. The SMILES string of the molecule is CCCC(O)CC1C(=C=O)N(COc2ccc(Cl)cc2)CCN1Cc1ccc(F)cc1. The van der Waals surface area contributed by atoms with Crippen LogP contribution in [-0.2, 0) is 11.3 Å². The summed E-state index contributed by atoms with van der Waals surface area (Å²) in [6, 6.07) is 13.1. The molecule has 3 rings (SSSR count). The fourth-order valence-electron chi connectivity index (χ4n) is 3.84. The number of nitrogens with zero attached hydrogens (tertiary/aromatic N) is 2. The quantitative estimate of drug-likeness (QED) is 0.583. The molecule has 0 saturated carbocycles. The molecule has 7 heteroatoms. The normalized spacial score (nSPS) is 18.0. The highest BCUT2D eigenvalue weighted by Crippen LogP contribution is 2.26. The summed E-state index contributed by atoms with van der Waals surface area (Å²) in [6.45, 7) is 4.04. The number of hydrogen-bond acceptors (Lipinski definition) is 5. The molecule has 1 heterocycles. The highest BCUT2D eigenvalue weighted by molar-refractivity contribution is 6.30. The van der Waals surface area contributed by atoms with Crippen LogP contribution >= 0.6 is 11.6 Å². The topological polar surface area (TPSA) is 53.0 Å². The number of hydrogen-bond donors (Lipinski definition) is 1. The largest absolute Gasteiger partial charge is 0.473 e. The predicted octanol–water partition coefficient (Wildman–Crippen LogP) is 4.27. The van der Waals surface area contributed by atoms with Crippen LogP contribution in [0.4, 0.5) is 4.39 Å². The van der Waals surface area contributed by atoms with Gasteiger partial charge >= 0.3 is 0 Å². The number of benzene rings is 2. The molecule has 5 nitrogen and oxygen atoms in total. The third-order valence-electron chi connectivity index (χ3n) is 5.48. The van der Waals surface area contributed by atoms with Gasteiger partial charge in [0.15, 0.2) is 6.73 Å². The molecule has 1 aliphatic heterocycles. The van der Waals surface area contributed by atoms with Gasteiger partial charge in [-0.25, -0.2) is 9.18 Å². The van der Waals surface area contributed by atoms with E-state index in [4.69, 9.17) is 16.3 Å². The molecule has 31 heavy (non-hydrogen) atoms. The van der Waals surface area contributed by atoms with E-state index in [0.717, 1.165) is 12.0 Å². The van der Waals surface area contributed by atoms with Crippen molar-refractivity contribution >= 4 is 17.5 Å². The summed E-state index contributed by atoms with van der Waals surface area (Å²) >= 11 is 5.92. The van der Waals surface area contributed by atoms with Crippen molar-refractivity contribution in [3.8, 4) is 5.75 Å². The number of halogens is 2. The van der Waals surface area contributed by atoms with Crippen molar-refractivity contribution in [2.75, 3.05) is 19.8 Å². The molecule has 0 amide bonds. The number of ether oxygens (including phenoxy) is 1. The Balaban J connectivity index is 1.74. The van der Waals surface area contributed by atoms with Gasteiger partial charge in [-0.05, 0) is 54.8 Å². The average Bonchev–Trinajstić information content (AvgIpc) is 2.76. The maximum absolute atomic E-state index is 13.3. The minimum Gasteiger partial charge on any atom is -0.473 e. The monoisotopic (exact) mass is 446 g/mol. The summed E-state index contributed by atoms with van der Waals surface area (Å²) in [6.07, 6.45) is 1.42. The van der Waals surface area contributed by atoms with Gasteiger partial charge in [0.1, 0.15) is 23.2 Å². The second-order valence-electron chi connectivity index (χ2n) is 7.77. The number of piperazine rings is 1. The molecule has 0 aromatic heterocycles. The first-order chi connectivity index (χ1) is 15.0. The van der Waals surface area contributed by atoms with Crippen molar-refractivity contribution in [2.45, 2.75) is 44.9 Å². The van der Waals surface area contributed by atoms with Crippen molar-refractivity contribution in [1.29, 1.82) is 0 Å². The zero-order valence-corrected chi connectivity index (χ0v) is 18.4. The summed E-state index contributed by atoms with van der Waals surface area (Å²) < 4.78 is 19.1. The second kappa shape index (κ2) is 11.3.